The molecule has 9 heteroatoms. The van der Waals surface area contributed by atoms with Crippen LogP contribution in [0.4, 0.5) is 15.8 Å². The number of sulfonamides is 1. The van der Waals surface area contributed by atoms with Gasteiger partial charge in [0, 0.05) is 6.04 Å². The van der Waals surface area contributed by atoms with E-state index in [0.717, 1.165) is 54.1 Å². The van der Waals surface area contributed by atoms with E-state index < -0.39 is 28.3 Å². The summed E-state index contributed by atoms with van der Waals surface area (Å²) in [5, 5.41) is 5.73. The normalized spacial score (nSPS) is 14.1. The van der Waals surface area contributed by atoms with Gasteiger partial charge in [-0.15, -0.1) is 0 Å². The van der Waals surface area contributed by atoms with Crippen LogP contribution in [0.1, 0.15) is 48.0 Å². The van der Waals surface area contributed by atoms with E-state index in [9.17, 15) is 22.4 Å². The van der Waals surface area contributed by atoms with Gasteiger partial charge in [0.15, 0.2) is 0 Å². The first kappa shape index (κ1) is 26.3. The Balaban J connectivity index is 1.57. The van der Waals surface area contributed by atoms with E-state index >= 15 is 0 Å². The van der Waals surface area contributed by atoms with Crippen LogP contribution < -0.4 is 14.9 Å². The molecule has 0 heterocycles. The number of halogens is 1. The lowest BCUT2D eigenvalue weighted by atomic mass is 9.95. The molecule has 1 fully saturated rings. The molecular weight excluding hydrogens is 493 g/mol. The first-order valence-electron chi connectivity index (χ1n) is 12.3. The van der Waals surface area contributed by atoms with Gasteiger partial charge in [-0.25, -0.2) is 12.8 Å². The lowest BCUT2D eigenvalue weighted by Gasteiger charge is -2.25. The predicted octanol–water partition coefficient (Wildman–Crippen LogP) is 5.03. The highest BCUT2D eigenvalue weighted by atomic mass is 32.2. The number of nitrogens with zero attached hydrogens (tertiary/aromatic N) is 1. The number of carbonyl (C=O) groups excluding carboxylic acids is 2. The third kappa shape index (κ3) is 6.54. The highest BCUT2D eigenvalue weighted by molar-refractivity contribution is 7.92. The molecule has 2 amide bonds. The first-order valence-corrected chi connectivity index (χ1v) is 13.7. The molecule has 2 N–H and O–H groups in total. The lowest BCUT2D eigenvalue weighted by molar-refractivity contribution is -0.114. The van der Waals surface area contributed by atoms with Crippen LogP contribution in [-0.4, -0.2) is 32.8 Å². The molecule has 0 spiro atoms. The quantitative estimate of drug-likeness (QED) is 0.433. The van der Waals surface area contributed by atoms with Crippen molar-refractivity contribution in [3.63, 3.8) is 0 Å². The van der Waals surface area contributed by atoms with Gasteiger partial charge in [-0.3, -0.25) is 13.9 Å². The smallest absolute Gasteiger partial charge is 0.264 e. The van der Waals surface area contributed by atoms with Crippen molar-refractivity contribution in [2.45, 2.75) is 50.0 Å². The minimum atomic E-state index is -4.15. The van der Waals surface area contributed by atoms with Gasteiger partial charge in [0.1, 0.15) is 12.4 Å². The number of rotatable bonds is 8. The Labute approximate surface area is 216 Å². The number of hydrogen-bond acceptors (Lipinski definition) is 4. The minimum absolute atomic E-state index is 0.00230. The number of carbonyl (C=O) groups is 2. The van der Waals surface area contributed by atoms with Crippen molar-refractivity contribution < 1.29 is 22.4 Å². The molecule has 0 saturated heterocycles. The number of benzene rings is 3. The van der Waals surface area contributed by atoms with Crippen LogP contribution in [0.25, 0.3) is 0 Å². The average Bonchev–Trinajstić information content (AvgIpc) is 2.89. The zero-order valence-corrected chi connectivity index (χ0v) is 21.4. The van der Waals surface area contributed by atoms with Gasteiger partial charge in [-0.05, 0) is 68.3 Å². The molecule has 194 valence electrons. The maximum Gasteiger partial charge on any atom is 0.264 e. The van der Waals surface area contributed by atoms with Gasteiger partial charge in [-0.2, -0.15) is 0 Å². The van der Waals surface area contributed by atoms with Crippen LogP contribution in [-0.2, 0) is 14.8 Å². The van der Waals surface area contributed by atoms with Gasteiger partial charge < -0.3 is 10.6 Å². The molecule has 4 rings (SSSR count). The number of amides is 2. The van der Waals surface area contributed by atoms with Crippen LogP contribution in [0.5, 0.6) is 0 Å². The lowest BCUT2D eigenvalue weighted by Crippen LogP contribution is -2.39. The minimum Gasteiger partial charge on any atom is -0.349 e. The Bertz CT molecular complexity index is 1350. The second-order valence-corrected chi connectivity index (χ2v) is 11.1. The second kappa shape index (κ2) is 11.6. The summed E-state index contributed by atoms with van der Waals surface area (Å²) in [5.41, 5.74) is 1.61. The SMILES string of the molecule is Cc1ccc(S(=O)(=O)N(CC(=O)Nc2ccccc2C(=O)NC2CCCCC2)c2ccc(F)cc2)cc1. The fourth-order valence-electron chi connectivity index (χ4n) is 4.38. The highest BCUT2D eigenvalue weighted by Crippen LogP contribution is 2.25. The summed E-state index contributed by atoms with van der Waals surface area (Å²) >= 11 is 0. The molecule has 1 aliphatic carbocycles. The van der Waals surface area contributed by atoms with Crippen molar-refractivity contribution in [2.75, 3.05) is 16.2 Å². The highest BCUT2D eigenvalue weighted by Gasteiger charge is 2.28. The number of hydrogen-bond donors (Lipinski definition) is 2. The Kier molecular flexibility index (Phi) is 8.23. The summed E-state index contributed by atoms with van der Waals surface area (Å²) < 4.78 is 41.5. The van der Waals surface area contributed by atoms with E-state index in [4.69, 9.17) is 0 Å². The van der Waals surface area contributed by atoms with Gasteiger partial charge >= 0.3 is 0 Å². The first-order chi connectivity index (χ1) is 17.7. The number of nitrogens with one attached hydrogen (secondary N) is 2. The molecule has 3 aromatic carbocycles. The summed E-state index contributed by atoms with van der Waals surface area (Å²) in [6, 6.07) is 17.8. The molecule has 0 bridgehead atoms. The third-order valence-corrected chi connectivity index (χ3v) is 8.19. The number of aryl methyl sites for hydroxylation is 1. The van der Waals surface area contributed by atoms with Crippen LogP contribution in [0.3, 0.4) is 0 Å². The van der Waals surface area contributed by atoms with Gasteiger partial charge in [-0.1, -0.05) is 49.1 Å². The topological polar surface area (TPSA) is 95.6 Å². The van der Waals surface area contributed by atoms with Crippen molar-refractivity contribution in [3.05, 3.63) is 89.7 Å². The fourth-order valence-corrected chi connectivity index (χ4v) is 5.80. The average molecular weight is 524 g/mol. The zero-order valence-electron chi connectivity index (χ0n) is 20.6. The van der Waals surface area contributed by atoms with Gasteiger partial charge in [0.25, 0.3) is 15.9 Å². The van der Waals surface area contributed by atoms with E-state index in [1.54, 1.807) is 36.4 Å². The van der Waals surface area contributed by atoms with Crippen LogP contribution >= 0.6 is 0 Å². The predicted molar refractivity (Wildman–Crippen MR) is 142 cm³/mol. The largest absolute Gasteiger partial charge is 0.349 e. The zero-order chi connectivity index (χ0) is 26.4. The molecule has 0 unspecified atom stereocenters. The van der Waals surface area contributed by atoms with Gasteiger partial charge in [0.05, 0.1) is 21.8 Å². The number of anilines is 2. The van der Waals surface area contributed by atoms with Crippen molar-refractivity contribution in [3.8, 4) is 0 Å². The molecular formula is C28H30FN3O4S. The Morgan fingerprint density at radius 3 is 2.24 bits per heavy atom. The summed E-state index contributed by atoms with van der Waals surface area (Å²) in [6.45, 7) is 1.27. The monoisotopic (exact) mass is 523 g/mol. The molecule has 0 radical (unpaired) electrons. The van der Waals surface area contributed by atoms with E-state index in [0.29, 0.717) is 5.56 Å². The molecule has 0 atom stereocenters. The van der Waals surface area contributed by atoms with E-state index in [2.05, 4.69) is 10.6 Å². The molecule has 7 nitrogen and oxygen atoms in total. The van der Waals surface area contributed by atoms with E-state index in [1.165, 1.54) is 24.3 Å². The van der Waals surface area contributed by atoms with E-state index in [1.807, 2.05) is 6.92 Å². The van der Waals surface area contributed by atoms with Crippen LogP contribution in [0.2, 0.25) is 0 Å². The second-order valence-electron chi connectivity index (χ2n) is 9.20. The molecule has 0 aromatic heterocycles. The molecule has 1 saturated carbocycles. The fraction of sp³-hybridized carbons (Fsp3) is 0.286. The molecule has 0 aliphatic heterocycles. The molecule has 37 heavy (non-hydrogen) atoms. The summed E-state index contributed by atoms with van der Waals surface area (Å²) in [7, 11) is -4.15. The maximum absolute atomic E-state index is 13.6. The van der Waals surface area contributed by atoms with Crippen molar-refractivity contribution in [1.29, 1.82) is 0 Å². The van der Waals surface area contributed by atoms with E-state index in [-0.39, 0.29) is 28.2 Å². The van der Waals surface area contributed by atoms with Crippen molar-refractivity contribution in [2.24, 2.45) is 0 Å². The third-order valence-electron chi connectivity index (χ3n) is 6.40. The summed E-state index contributed by atoms with van der Waals surface area (Å²) in [5.74, 6) is -1.46. The summed E-state index contributed by atoms with van der Waals surface area (Å²) in [4.78, 5) is 26.1. The molecule has 1 aliphatic rings. The van der Waals surface area contributed by atoms with Crippen LogP contribution in [0, 0.1) is 12.7 Å². The van der Waals surface area contributed by atoms with Crippen LogP contribution in [0.15, 0.2) is 77.7 Å². The Morgan fingerprint density at radius 2 is 1.57 bits per heavy atom. The molecule has 3 aromatic rings. The number of para-hydroxylation sites is 1. The maximum atomic E-state index is 13.6. The summed E-state index contributed by atoms with van der Waals surface area (Å²) in [6.07, 6.45) is 5.14. The van der Waals surface area contributed by atoms with Crippen molar-refractivity contribution in [1.82, 2.24) is 5.32 Å². The Hall–Kier alpha value is -3.72. The standard InChI is InChI=1S/C28H30FN3O4S/c1-20-11-17-24(18-12-20)37(35,36)32(23-15-13-21(29)14-16-23)19-27(33)31-26-10-6-5-9-25(26)28(34)30-22-7-3-2-4-8-22/h5-6,9-18,22H,2-4,7-8,19H2,1H3,(H,30,34)(H,31,33). The Morgan fingerprint density at radius 1 is 0.919 bits per heavy atom. The van der Waals surface area contributed by atoms with Crippen molar-refractivity contribution >= 4 is 33.2 Å². The van der Waals surface area contributed by atoms with Gasteiger partial charge in [0.2, 0.25) is 5.91 Å².